The highest BCUT2D eigenvalue weighted by molar-refractivity contribution is 5.96. The van der Waals surface area contributed by atoms with E-state index in [1.54, 1.807) is 29.2 Å². The Labute approximate surface area is 207 Å². The zero-order valence-electron chi connectivity index (χ0n) is 20.3. The molecule has 11 heteroatoms. The molecular formula is C25H27N5O6. The first-order valence-electron chi connectivity index (χ1n) is 11.5. The van der Waals surface area contributed by atoms with Crippen molar-refractivity contribution in [2.24, 2.45) is 7.05 Å². The molecule has 0 aliphatic carbocycles. The molecule has 1 amide bonds. The third-order valence-corrected chi connectivity index (χ3v) is 6.27. The first kappa shape index (κ1) is 24.8. The number of methoxy groups -OCH3 is 2. The van der Waals surface area contributed by atoms with Crippen molar-refractivity contribution in [1.29, 1.82) is 0 Å². The summed E-state index contributed by atoms with van der Waals surface area (Å²) in [5.41, 5.74) is -0.142. The number of ether oxygens (including phenoxy) is 2. The molecular weight excluding hydrogens is 466 g/mol. The van der Waals surface area contributed by atoms with E-state index in [9.17, 15) is 19.5 Å². The van der Waals surface area contributed by atoms with Crippen molar-refractivity contribution in [2.45, 2.75) is 31.7 Å². The van der Waals surface area contributed by atoms with E-state index in [0.29, 0.717) is 30.9 Å². The summed E-state index contributed by atoms with van der Waals surface area (Å²) >= 11 is 0. The number of amides is 1. The van der Waals surface area contributed by atoms with Gasteiger partial charge in [0.05, 0.1) is 20.3 Å². The molecule has 1 aliphatic rings. The number of ketones is 1. The van der Waals surface area contributed by atoms with Crippen LogP contribution < -0.4 is 15.0 Å². The molecule has 1 saturated heterocycles. The number of rotatable bonds is 8. The van der Waals surface area contributed by atoms with Gasteiger partial charge in [-0.25, -0.2) is 4.98 Å². The van der Waals surface area contributed by atoms with Gasteiger partial charge in [-0.1, -0.05) is 12.1 Å². The van der Waals surface area contributed by atoms with Gasteiger partial charge < -0.3 is 19.5 Å². The van der Waals surface area contributed by atoms with E-state index in [1.807, 2.05) is 6.07 Å². The van der Waals surface area contributed by atoms with Crippen LogP contribution in [0.2, 0.25) is 0 Å². The molecule has 3 heterocycles. The van der Waals surface area contributed by atoms with Crippen molar-refractivity contribution < 1.29 is 24.2 Å². The molecule has 188 valence electrons. The van der Waals surface area contributed by atoms with Crippen molar-refractivity contribution in [3.63, 3.8) is 0 Å². The van der Waals surface area contributed by atoms with Crippen molar-refractivity contribution in [3.8, 4) is 17.2 Å². The van der Waals surface area contributed by atoms with Crippen molar-refractivity contribution in [1.82, 2.24) is 24.6 Å². The molecule has 0 bridgehead atoms. The summed E-state index contributed by atoms with van der Waals surface area (Å²) in [6.45, 7) is 0.440. The number of likely N-dealkylation sites (tertiary alicyclic amines) is 1. The molecule has 0 spiro atoms. The molecule has 1 aliphatic heterocycles. The zero-order valence-corrected chi connectivity index (χ0v) is 20.3. The summed E-state index contributed by atoms with van der Waals surface area (Å²) in [5, 5.41) is 18.1. The minimum absolute atomic E-state index is 0.0242. The van der Waals surface area contributed by atoms with Crippen LogP contribution in [0.5, 0.6) is 17.2 Å². The number of nitrogens with zero attached hydrogens (tertiary/aromatic N) is 5. The van der Waals surface area contributed by atoms with Crippen LogP contribution >= 0.6 is 0 Å². The minimum Gasteiger partial charge on any atom is -0.501 e. The minimum atomic E-state index is -0.749. The normalized spacial score (nSPS) is 15.1. The quantitative estimate of drug-likeness (QED) is 0.468. The molecule has 1 atom stereocenters. The van der Waals surface area contributed by atoms with Crippen molar-refractivity contribution in [3.05, 3.63) is 69.7 Å². The van der Waals surface area contributed by atoms with E-state index >= 15 is 0 Å². The molecule has 1 aromatic carbocycles. The average Bonchev–Trinajstić information content (AvgIpc) is 3.40. The van der Waals surface area contributed by atoms with Gasteiger partial charge in [0.1, 0.15) is 5.82 Å². The first-order valence-corrected chi connectivity index (χ1v) is 11.5. The lowest BCUT2D eigenvalue weighted by atomic mass is 10.0. The monoisotopic (exact) mass is 493 g/mol. The molecule has 1 unspecified atom stereocenters. The third-order valence-electron chi connectivity index (χ3n) is 6.27. The number of carbonyl (C=O) groups excluding carboxylic acids is 2. The summed E-state index contributed by atoms with van der Waals surface area (Å²) < 4.78 is 11.9. The molecule has 11 nitrogen and oxygen atoms in total. The summed E-state index contributed by atoms with van der Waals surface area (Å²) in [7, 11) is 4.50. The number of carbonyl (C=O) groups is 2. The highest BCUT2D eigenvalue weighted by Gasteiger charge is 2.35. The SMILES string of the molecule is COc1cccc(CCC(=O)c2nc(C3CCCN3C(=O)c3cccnn3)n(C)c(=O)c2O)c1OC. The van der Waals surface area contributed by atoms with Gasteiger partial charge >= 0.3 is 0 Å². The Balaban J connectivity index is 1.63. The molecule has 1 N–H and O–H groups in total. The number of benzene rings is 1. The fraction of sp³-hybridized carbons (Fsp3) is 0.360. The second-order valence-electron chi connectivity index (χ2n) is 8.37. The number of aryl methyl sites for hydroxylation is 1. The predicted molar refractivity (Wildman–Crippen MR) is 128 cm³/mol. The molecule has 0 radical (unpaired) electrons. The smallest absolute Gasteiger partial charge is 0.296 e. The van der Waals surface area contributed by atoms with Crippen LogP contribution in [0.15, 0.2) is 41.3 Å². The van der Waals surface area contributed by atoms with Gasteiger partial charge in [0.15, 0.2) is 28.7 Å². The summed E-state index contributed by atoms with van der Waals surface area (Å²) in [5.74, 6) is -0.275. The van der Waals surface area contributed by atoms with Crippen LogP contribution in [-0.4, -0.2) is 62.2 Å². The molecule has 3 aromatic rings. The molecule has 36 heavy (non-hydrogen) atoms. The van der Waals surface area contributed by atoms with Crippen LogP contribution in [0, 0.1) is 0 Å². The van der Waals surface area contributed by atoms with Crippen LogP contribution in [0.4, 0.5) is 0 Å². The van der Waals surface area contributed by atoms with E-state index in [0.717, 1.165) is 5.56 Å². The van der Waals surface area contributed by atoms with E-state index in [2.05, 4.69) is 15.2 Å². The molecule has 4 rings (SSSR count). The summed E-state index contributed by atoms with van der Waals surface area (Å²) in [4.78, 5) is 45.0. The van der Waals surface area contributed by atoms with E-state index in [-0.39, 0.29) is 36.0 Å². The molecule has 2 aromatic heterocycles. The second-order valence-corrected chi connectivity index (χ2v) is 8.37. The highest BCUT2D eigenvalue weighted by atomic mass is 16.5. The second kappa shape index (κ2) is 10.5. The van der Waals surface area contributed by atoms with Gasteiger partial charge in [-0.15, -0.1) is 5.10 Å². The Morgan fingerprint density at radius 1 is 1.17 bits per heavy atom. The van der Waals surface area contributed by atoms with Gasteiger partial charge in [-0.3, -0.25) is 19.0 Å². The molecule has 0 saturated carbocycles. The first-order chi connectivity index (χ1) is 17.4. The van der Waals surface area contributed by atoms with Gasteiger partial charge in [-0.2, -0.15) is 5.10 Å². The maximum Gasteiger partial charge on any atom is 0.296 e. The van der Waals surface area contributed by atoms with Gasteiger partial charge in [-0.05, 0) is 43.0 Å². The number of aromatic hydroxyl groups is 1. The lowest BCUT2D eigenvalue weighted by Crippen LogP contribution is -2.36. The van der Waals surface area contributed by atoms with E-state index in [1.165, 1.54) is 32.0 Å². The number of Topliss-reactive ketones (excluding diaryl/α,β-unsaturated/α-hetero) is 1. The standard InChI is InChI=1S/C25H27N5O6/c1-29-23(17-9-6-14-30(17)24(33)16-8-5-13-26-28-16)27-20(21(32)25(29)34)18(31)12-11-15-7-4-10-19(35-2)22(15)36-3/h4-5,7-8,10,13,17,32H,6,9,11-12,14H2,1-3H3. The third kappa shape index (κ3) is 4.64. The Kier molecular flexibility index (Phi) is 7.28. The average molecular weight is 494 g/mol. The fourth-order valence-corrected chi connectivity index (χ4v) is 4.46. The largest absolute Gasteiger partial charge is 0.501 e. The number of hydrogen-bond acceptors (Lipinski definition) is 9. The zero-order chi connectivity index (χ0) is 25.8. The Bertz CT molecular complexity index is 1340. The van der Waals surface area contributed by atoms with Crippen LogP contribution in [0.1, 0.15) is 57.7 Å². The van der Waals surface area contributed by atoms with Crippen LogP contribution in [-0.2, 0) is 13.5 Å². The lowest BCUT2D eigenvalue weighted by molar-refractivity contribution is 0.0719. The fourth-order valence-electron chi connectivity index (χ4n) is 4.46. The van der Waals surface area contributed by atoms with Gasteiger partial charge in [0.2, 0.25) is 5.75 Å². The topological polar surface area (TPSA) is 137 Å². The van der Waals surface area contributed by atoms with E-state index in [4.69, 9.17) is 9.47 Å². The highest BCUT2D eigenvalue weighted by Crippen LogP contribution is 2.33. The van der Waals surface area contributed by atoms with E-state index < -0.39 is 23.1 Å². The lowest BCUT2D eigenvalue weighted by Gasteiger charge is -2.25. The summed E-state index contributed by atoms with van der Waals surface area (Å²) in [6, 6.07) is 7.98. The Morgan fingerprint density at radius 3 is 2.67 bits per heavy atom. The maximum absolute atomic E-state index is 13.1. The summed E-state index contributed by atoms with van der Waals surface area (Å²) in [6.07, 6.45) is 2.97. The number of hydrogen-bond donors (Lipinski definition) is 1. The van der Waals surface area contributed by atoms with Crippen molar-refractivity contribution >= 4 is 11.7 Å². The molecule has 1 fully saturated rings. The Hall–Kier alpha value is -4.28. The predicted octanol–water partition coefficient (Wildman–Crippen LogP) is 2.09. The van der Waals surface area contributed by atoms with Gasteiger partial charge in [0.25, 0.3) is 11.5 Å². The van der Waals surface area contributed by atoms with Gasteiger partial charge in [0, 0.05) is 26.2 Å². The maximum atomic E-state index is 13.1. The Morgan fingerprint density at radius 2 is 1.97 bits per heavy atom. The van der Waals surface area contributed by atoms with Crippen LogP contribution in [0.25, 0.3) is 0 Å². The van der Waals surface area contributed by atoms with Crippen molar-refractivity contribution in [2.75, 3.05) is 20.8 Å². The number of para-hydroxylation sites is 1. The van der Waals surface area contributed by atoms with Crippen LogP contribution in [0.3, 0.4) is 0 Å². The number of aromatic nitrogens is 4.